The van der Waals surface area contributed by atoms with Crippen LogP contribution in [0, 0.1) is 22.7 Å². The zero-order valence-electron chi connectivity index (χ0n) is 22.3. The summed E-state index contributed by atoms with van der Waals surface area (Å²) in [5.74, 6) is 0. The Bertz CT molecular complexity index is 2450. The number of benzene rings is 6. The first-order chi connectivity index (χ1) is 20.8. The first-order valence-corrected chi connectivity index (χ1v) is 13.6. The lowest BCUT2D eigenvalue weighted by Crippen LogP contribution is -1.97. The van der Waals surface area contributed by atoms with Crippen LogP contribution in [0.15, 0.2) is 130 Å². The molecule has 0 radical (unpaired) electrons. The van der Waals surface area contributed by atoms with Crippen molar-refractivity contribution >= 4 is 43.9 Å². The van der Waals surface area contributed by atoms with Crippen molar-refractivity contribution in [1.82, 2.24) is 0 Å². The number of nitriles is 2. The van der Waals surface area contributed by atoms with Crippen molar-refractivity contribution < 1.29 is 8.83 Å². The molecule has 42 heavy (non-hydrogen) atoms. The molecule has 0 N–H and O–H groups in total. The van der Waals surface area contributed by atoms with Crippen molar-refractivity contribution in [3.8, 4) is 45.5 Å². The first kappa shape index (κ1) is 23.8. The quantitative estimate of drug-likeness (QED) is 0.225. The van der Waals surface area contributed by atoms with Crippen LogP contribution in [0.1, 0.15) is 11.1 Å². The highest BCUT2D eigenvalue weighted by atomic mass is 16.3. The molecule has 8 aromatic rings. The van der Waals surface area contributed by atoms with E-state index in [1.807, 2.05) is 97.1 Å². The monoisotopic (exact) mass is 536 g/mol. The SMILES string of the molecule is N#Cc1ccccc1-c1c(-c2cccc3oc4ccccc4c23)ccc(-c2cccc3oc4ccccc4c23)c1C#N. The minimum atomic E-state index is 0.498. The van der Waals surface area contributed by atoms with Crippen molar-refractivity contribution in [2.24, 2.45) is 0 Å². The fourth-order valence-corrected chi connectivity index (χ4v) is 6.24. The van der Waals surface area contributed by atoms with Crippen molar-refractivity contribution in [2.45, 2.75) is 0 Å². The second-order valence-electron chi connectivity index (χ2n) is 10.2. The maximum atomic E-state index is 10.9. The molecule has 2 heterocycles. The van der Waals surface area contributed by atoms with E-state index >= 15 is 0 Å². The van der Waals surface area contributed by atoms with Gasteiger partial charge in [0.05, 0.1) is 17.2 Å². The van der Waals surface area contributed by atoms with Gasteiger partial charge >= 0.3 is 0 Å². The number of hydrogen-bond acceptors (Lipinski definition) is 4. The number of hydrogen-bond donors (Lipinski definition) is 0. The predicted molar refractivity (Wildman–Crippen MR) is 167 cm³/mol. The summed E-state index contributed by atoms with van der Waals surface area (Å²) in [5.41, 5.74) is 9.04. The molecule has 0 amide bonds. The van der Waals surface area contributed by atoms with E-state index in [1.165, 1.54) is 0 Å². The minimum absolute atomic E-state index is 0.498. The van der Waals surface area contributed by atoms with Gasteiger partial charge in [-0.3, -0.25) is 0 Å². The van der Waals surface area contributed by atoms with Crippen molar-refractivity contribution in [3.63, 3.8) is 0 Å². The number of rotatable bonds is 3. The van der Waals surface area contributed by atoms with Crippen molar-refractivity contribution in [1.29, 1.82) is 10.5 Å². The Morgan fingerprint density at radius 1 is 0.405 bits per heavy atom. The summed E-state index contributed by atoms with van der Waals surface area (Å²) in [7, 11) is 0. The number of furan rings is 2. The number of para-hydroxylation sites is 2. The van der Waals surface area contributed by atoms with Gasteiger partial charge in [-0.15, -0.1) is 0 Å². The van der Waals surface area contributed by atoms with E-state index in [-0.39, 0.29) is 0 Å². The highest BCUT2D eigenvalue weighted by molar-refractivity contribution is 6.16. The summed E-state index contributed by atoms with van der Waals surface area (Å²) in [6.07, 6.45) is 0. The normalized spacial score (nSPS) is 11.3. The van der Waals surface area contributed by atoms with Crippen molar-refractivity contribution in [3.05, 3.63) is 132 Å². The molecule has 0 unspecified atom stereocenters. The van der Waals surface area contributed by atoms with Gasteiger partial charge in [0.2, 0.25) is 0 Å². The third-order valence-corrected chi connectivity index (χ3v) is 8.02. The summed E-state index contributed by atoms with van der Waals surface area (Å²) in [4.78, 5) is 0. The zero-order chi connectivity index (χ0) is 28.2. The average Bonchev–Trinajstić information content (AvgIpc) is 3.62. The second-order valence-corrected chi connectivity index (χ2v) is 10.2. The van der Waals surface area contributed by atoms with Gasteiger partial charge in [-0.05, 0) is 47.0 Å². The zero-order valence-corrected chi connectivity index (χ0v) is 22.3. The van der Waals surface area contributed by atoms with Crippen LogP contribution >= 0.6 is 0 Å². The molecule has 0 saturated carbocycles. The molecule has 4 heteroatoms. The lowest BCUT2D eigenvalue weighted by molar-refractivity contribution is 0.668. The third-order valence-electron chi connectivity index (χ3n) is 8.02. The fourth-order valence-electron chi connectivity index (χ4n) is 6.24. The van der Waals surface area contributed by atoms with Crippen LogP contribution in [0.5, 0.6) is 0 Å². The van der Waals surface area contributed by atoms with Gasteiger partial charge in [-0.25, -0.2) is 0 Å². The molecule has 0 fully saturated rings. The van der Waals surface area contributed by atoms with E-state index in [1.54, 1.807) is 6.07 Å². The van der Waals surface area contributed by atoms with Crippen LogP contribution in [0.3, 0.4) is 0 Å². The standard InChI is InChI=1S/C38H20N2O2/c39-21-23-9-1-2-10-24(23)36-28(27-14-8-18-35-38(27)30-12-4-6-16-33(30)42-35)20-19-25(31(36)22-40)26-13-7-17-34-37(26)29-11-3-5-15-32(29)41-34/h1-20H. The Balaban J connectivity index is 1.52. The lowest BCUT2D eigenvalue weighted by Gasteiger charge is -2.18. The summed E-state index contributed by atoms with van der Waals surface area (Å²) in [5, 5.41) is 24.9. The molecule has 2 aromatic heterocycles. The number of fused-ring (bicyclic) bond motifs is 6. The Hall–Kier alpha value is -6.10. The molecule has 4 nitrogen and oxygen atoms in total. The average molecular weight is 537 g/mol. The van der Waals surface area contributed by atoms with E-state index in [2.05, 4.69) is 30.3 Å². The van der Waals surface area contributed by atoms with Crippen LogP contribution in [0.2, 0.25) is 0 Å². The molecule has 0 spiro atoms. The highest BCUT2D eigenvalue weighted by Gasteiger charge is 2.24. The molecule has 0 bridgehead atoms. The fraction of sp³-hybridized carbons (Fsp3) is 0. The van der Waals surface area contributed by atoms with Gasteiger partial charge in [-0.1, -0.05) is 91.0 Å². The molecule has 194 valence electrons. The predicted octanol–water partition coefficient (Wildman–Crippen LogP) is 10.2. The summed E-state index contributed by atoms with van der Waals surface area (Å²) in [6, 6.07) is 44.3. The van der Waals surface area contributed by atoms with Crippen LogP contribution in [0.4, 0.5) is 0 Å². The van der Waals surface area contributed by atoms with Gasteiger partial charge in [-0.2, -0.15) is 10.5 Å². The summed E-state index contributed by atoms with van der Waals surface area (Å²) in [6.45, 7) is 0. The van der Waals surface area contributed by atoms with Crippen molar-refractivity contribution in [2.75, 3.05) is 0 Å². The molecule has 0 aliphatic carbocycles. The van der Waals surface area contributed by atoms with E-state index in [9.17, 15) is 10.5 Å². The Kier molecular flexibility index (Phi) is 5.22. The maximum Gasteiger partial charge on any atom is 0.136 e. The van der Waals surface area contributed by atoms with Crippen LogP contribution in [-0.2, 0) is 0 Å². The second kappa shape index (κ2) is 9.24. The molecule has 8 rings (SSSR count). The molecular formula is C38H20N2O2. The van der Waals surface area contributed by atoms with E-state index in [4.69, 9.17) is 8.83 Å². The molecule has 6 aromatic carbocycles. The largest absolute Gasteiger partial charge is 0.456 e. The van der Waals surface area contributed by atoms with E-state index < -0.39 is 0 Å². The minimum Gasteiger partial charge on any atom is -0.456 e. The molecular weight excluding hydrogens is 516 g/mol. The van der Waals surface area contributed by atoms with Gasteiger partial charge in [0.1, 0.15) is 28.4 Å². The lowest BCUT2D eigenvalue weighted by atomic mass is 9.83. The van der Waals surface area contributed by atoms with Crippen LogP contribution in [0.25, 0.3) is 77.3 Å². The Labute approximate surface area is 240 Å². The van der Waals surface area contributed by atoms with Crippen LogP contribution < -0.4 is 0 Å². The third kappa shape index (κ3) is 3.40. The topological polar surface area (TPSA) is 73.9 Å². The Morgan fingerprint density at radius 3 is 1.52 bits per heavy atom. The molecule has 0 aliphatic heterocycles. The smallest absolute Gasteiger partial charge is 0.136 e. The molecule has 0 aliphatic rings. The molecule has 0 saturated heterocycles. The maximum absolute atomic E-state index is 10.9. The number of nitrogens with zero attached hydrogens (tertiary/aromatic N) is 2. The summed E-state index contributed by atoms with van der Waals surface area (Å²) >= 11 is 0. The highest BCUT2D eigenvalue weighted by Crippen LogP contribution is 2.46. The summed E-state index contributed by atoms with van der Waals surface area (Å²) < 4.78 is 12.4. The van der Waals surface area contributed by atoms with Crippen LogP contribution in [-0.4, -0.2) is 0 Å². The van der Waals surface area contributed by atoms with Gasteiger partial charge in [0, 0.05) is 38.2 Å². The van der Waals surface area contributed by atoms with E-state index in [0.29, 0.717) is 16.7 Å². The van der Waals surface area contributed by atoms with Gasteiger partial charge in [0.15, 0.2) is 0 Å². The first-order valence-electron chi connectivity index (χ1n) is 13.6. The van der Waals surface area contributed by atoms with E-state index in [0.717, 1.165) is 71.7 Å². The Morgan fingerprint density at radius 2 is 0.905 bits per heavy atom. The van der Waals surface area contributed by atoms with Gasteiger partial charge < -0.3 is 8.83 Å². The molecule has 0 atom stereocenters. The van der Waals surface area contributed by atoms with Gasteiger partial charge in [0.25, 0.3) is 0 Å².